The molecule has 0 aliphatic carbocycles. The maximum absolute atomic E-state index is 12.8. The van der Waals surface area contributed by atoms with Crippen LogP contribution in [0, 0.1) is 5.92 Å². The standard InChI is InChI=1S/C19H15Cl2F3N2O2/c20-13-4-5-16(15(21)9-13)26-7-6-14(18(26)28)17(27)25-10-11-2-1-3-12(8-11)19(22,23)24/h1-5,8-9,14H,6-7,10H2,(H,25,27). The number of alkyl halides is 3. The van der Waals surface area contributed by atoms with Gasteiger partial charge in [0.05, 0.1) is 16.3 Å². The number of hydrogen-bond acceptors (Lipinski definition) is 2. The van der Waals surface area contributed by atoms with Crippen molar-refractivity contribution >= 4 is 40.7 Å². The third kappa shape index (κ3) is 4.42. The summed E-state index contributed by atoms with van der Waals surface area (Å²) in [5, 5.41) is 3.26. The minimum Gasteiger partial charge on any atom is -0.351 e. The number of carbonyl (C=O) groups is 2. The van der Waals surface area contributed by atoms with Crippen molar-refractivity contribution < 1.29 is 22.8 Å². The first-order valence-corrected chi connectivity index (χ1v) is 9.12. The summed E-state index contributed by atoms with van der Waals surface area (Å²) in [5.74, 6) is -1.86. The van der Waals surface area contributed by atoms with Crippen LogP contribution in [0.25, 0.3) is 0 Å². The molecule has 0 spiro atoms. The highest BCUT2D eigenvalue weighted by molar-refractivity contribution is 6.37. The fourth-order valence-electron chi connectivity index (χ4n) is 3.03. The van der Waals surface area contributed by atoms with Gasteiger partial charge in [-0.3, -0.25) is 9.59 Å². The first-order chi connectivity index (χ1) is 13.2. The second-order valence-electron chi connectivity index (χ2n) is 6.34. The van der Waals surface area contributed by atoms with Gasteiger partial charge in [-0.1, -0.05) is 35.3 Å². The zero-order valence-corrected chi connectivity index (χ0v) is 15.9. The maximum atomic E-state index is 12.8. The second kappa shape index (κ2) is 8.01. The van der Waals surface area contributed by atoms with E-state index in [-0.39, 0.29) is 13.0 Å². The Kier molecular flexibility index (Phi) is 5.86. The van der Waals surface area contributed by atoms with Gasteiger partial charge in [-0.15, -0.1) is 0 Å². The third-order valence-corrected chi connectivity index (χ3v) is 4.98. The number of nitrogens with zero attached hydrogens (tertiary/aromatic N) is 1. The third-order valence-electron chi connectivity index (χ3n) is 4.44. The van der Waals surface area contributed by atoms with Gasteiger partial charge in [-0.2, -0.15) is 13.2 Å². The van der Waals surface area contributed by atoms with Crippen LogP contribution >= 0.6 is 23.2 Å². The van der Waals surface area contributed by atoms with Crippen LogP contribution in [-0.4, -0.2) is 18.4 Å². The number of anilines is 1. The fraction of sp³-hybridized carbons (Fsp3) is 0.263. The molecule has 148 valence electrons. The van der Waals surface area contributed by atoms with Gasteiger partial charge in [0, 0.05) is 18.1 Å². The zero-order valence-electron chi connectivity index (χ0n) is 14.4. The summed E-state index contributed by atoms with van der Waals surface area (Å²) in [5.41, 5.74) is -0.0322. The lowest BCUT2D eigenvalue weighted by Crippen LogP contribution is -2.36. The highest BCUT2D eigenvalue weighted by Gasteiger charge is 2.38. The quantitative estimate of drug-likeness (QED) is 0.715. The van der Waals surface area contributed by atoms with Crippen molar-refractivity contribution in [3.63, 3.8) is 0 Å². The van der Waals surface area contributed by atoms with Crippen LogP contribution in [0.15, 0.2) is 42.5 Å². The summed E-state index contributed by atoms with van der Waals surface area (Å²) in [4.78, 5) is 26.4. The minimum atomic E-state index is -4.46. The van der Waals surface area contributed by atoms with Crippen molar-refractivity contribution in [1.29, 1.82) is 0 Å². The van der Waals surface area contributed by atoms with E-state index in [1.165, 1.54) is 23.1 Å². The number of carbonyl (C=O) groups excluding carboxylic acids is 2. The number of halogens is 5. The molecule has 2 amide bonds. The molecule has 1 fully saturated rings. The molecule has 3 rings (SSSR count). The van der Waals surface area contributed by atoms with Crippen molar-refractivity contribution in [2.75, 3.05) is 11.4 Å². The Bertz CT molecular complexity index is 918. The molecule has 1 N–H and O–H groups in total. The lowest BCUT2D eigenvalue weighted by Gasteiger charge is -2.18. The molecular formula is C19H15Cl2F3N2O2. The van der Waals surface area contributed by atoms with Gasteiger partial charge >= 0.3 is 6.18 Å². The molecule has 1 saturated heterocycles. The minimum absolute atomic E-state index is 0.103. The van der Waals surface area contributed by atoms with E-state index < -0.39 is 29.5 Å². The highest BCUT2D eigenvalue weighted by atomic mass is 35.5. The Balaban J connectivity index is 1.65. The summed E-state index contributed by atoms with van der Waals surface area (Å²) < 4.78 is 38.3. The van der Waals surface area contributed by atoms with Gasteiger partial charge < -0.3 is 10.2 Å². The topological polar surface area (TPSA) is 49.4 Å². The average Bonchev–Trinajstić information content (AvgIpc) is 3.01. The van der Waals surface area contributed by atoms with Crippen molar-refractivity contribution in [3.8, 4) is 0 Å². The van der Waals surface area contributed by atoms with Gasteiger partial charge in [0.1, 0.15) is 5.92 Å². The Morgan fingerprint density at radius 1 is 1.18 bits per heavy atom. The van der Waals surface area contributed by atoms with E-state index in [1.807, 2.05) is 0 Å². The summed E-state index contributed by atoms with van der Waals surface area (Å²) in [6.07, 6.45) is -4.17. The van der Waals surface area contributed by atoms with Crippen LogP contribution in [0.2, 0.25) is 10.0 Å². The van der Waals surface area contributed by atoms with Gasteiger partial charge in [-0.25, -0.2) is 0 Å². The molecule has 2 aromatic carbocycles. The Morgan fingerprint density at radius 2 is 1.93 bits per heavy atom. The van der Waals surface area contributed by atoms with Crippen LogP contribution in [-0.2, 0) is 22.3 Å². The van der Waals surface area contributed by atoms with Crippen LogP contribution in [0.3, 0.4) is 0 Å². The molecule has 1 heterocycles. The van der Waals surface area contributed by atoms with Crippen LogP contribution in [0.4, 0.5) is 18.9 Å². The van der Waals surface area contributed by atoms with E-state index in [2.05, 4.69) is 5.32 Å². The van der Waals surface area contributed by atoms with E-state index in [9.17, 15) is 22.8 Å². The van der Waals surface area contributed by atoms with Crippen molar-refractivity contribution in [3.05, 3.63) is 63.6 Å². The number of nitrogens with one attached hydrogen (secondary N) is 1. The van der Waals surface area contributed by atoms with Crippen LogP contribution < -0.4 is 10.2 Å². The van der Waals surface area contributed by atoms with Crippen LogP contribution in [0.5, 0.6) is 0 Å². The summed E-state index contributed by atoms with van der Waals surface area (Å²) >= 11 is 12.0. The molecule has 1 atom stereocenters. The lowest BCUT2D eigenvalue weighted by atomic mass is 10.1. The number of benzene rings is 2. The van der Waals surface area contributed by atoms with E-state index in [0.717, 1.165) is 12.1 Å². The van der Waals surface area contributed by atoms with E-state index in [0.29, 0.717) is 27.8 Å². The second-order valence-corrected chi connectivity index (χ2v) is 7.19. The molecule has 1 aliphatic heterocycles. The maximum Gasteiger partial charge on any atom is 0.416 e. The first kappa shape index (κ1) is 20.5. The largest absolute Gasteiger partial charge is 0.416 e. The first-order valence-electron chi connectivity index (χ1n) is 8.37. The zero-order chi connectivity index (χ0) is 20.5. The summed E-state index contributed by atoms with van der Waals surface area (Å²) in [6.45, 7) is 0.204. The number of hydrogen-bond donors (Lipinski definition) is 1. The van der Waals surface area contributed by atoms with Crippen molar-refractivity contribution in [2.24, 2.45) is 5.92 Å². The molecular weight excluding hydrogens is 416 g/mol. The normalized spacial score (nSPS) is 17.1. The lowest BCUT2D eigenvalue weighted by molar-refractivity contribution is -0.137. The molecule has 9 heteroatoms. The summed E-state index contributed by atoms with van der Waals surface area (Å²) in [6, 6.07) is 9.38. The van der Waals surface area contributed by atoms with Crippen molar-refractivity contribution in [2.45, 2.75) is 19.1 Å². The Labute approximate surface area is 169 Å². The van der Waals surface area contributed by atoms with Gasteiger partial charge in [0.15, 0.2) is 0 Å². The SMILES string of the molecule is O=C(NCc1cccc(C(F)(F)F)c1)C1CCN(c2ccc(Cl)cc2Cl)C1=O. The van der Waals surface area contributed by atoms with E-state index >= 15 is 0 Å². The molecule has 0 saturated carbocycles. The predicted molar refractivity (Wildman–Crippen MR) is 100 cm³/mol. The Morgan fingerprint density at radius 3 is 2.61 bits per heavy atom. The Hall–Kier alpha value is -2.25. The van der Waals surface area contributed by atoms with Gasteiger partial charge in [0.2, 0.25) is 11.8 Å². The van der Waals surface area contributed by atoms with E-state index in [1.54, 1.807) is 12.1 Å². The van der Waals surface area contributed by atoms with Gasteiger partial charge in [0.25, 0.3) is 0 Å². The average molecular weight is 431 g/mol. The molecule has 28 heavy (non-hydrogen) atoms. The molecule has 1 aliphatic rings. The van der Waals surface area contributed by atoms with Crippen LogP contribution in [0.1, 0.15) is 17.5 Å². The molecule has 2 aromatic rings. The monoisotopic (exact) mass is 430 g/mol. The van der Waals surface area contributed by atoms with Crippen molar-refractivity contribution in [1.82, 2.24) is 5.32 Å². The van der Waals surface area contributed by atoms with E-state index in [4.69, 9.17) is 23.2 Å². The number of rotatable bonds is 4. The molecule has 1 unspecified atom stereocenters. The predicted octanol–water partition coefficient (Wildman–Crippen LogP) is 4.68. The summed E-state index contributed by atoms with van der Waals surface area (Å²) in [7, 11) is 0. The fourth-order valence-corrected chi connectivity index (χ4v) is 3.54. The molecule has 4 nitrogen and oxygen atoms in total. The molecule has 0 bridgehead atoms. The smallest absolute Gasteiger partial charge is 0.351 e. The number of amides is 2. The van der Waals surface area contributed by atoms with Gasteiger partial charge in [-0.05, 0) is 42.3 Å². The highest BCUT2D eigenvalue weighted by Crippen LogP contribution is 2.33. The molecule has 0 aromatic heterocycles. The molecule has 0 radical (unpaired) electrons.